The highest BCUT2D eigenvalue weighted by atomic mass is 28.5. The molecule has 0 bridgehead atoms. The van der Waals surface area contributed by atoms with Crippen LogP contribution in [0, 0.1) is 0 Å². The quantitative estimate of drug-likeness (QED) is 0.731. The zero-order valence-corrected chi connectivity index (χ0v) is 17.1. The van der Waals surface area contributed by atoms with E-state index in [2.05, 4.69) is 107 Å². The highest BCUT2D eigenvalue weighted by Crippen LogP contribution is 2.14. The molecule has 1 unspecified atom stereocenters. The Bertz CT molecular complexity index is 651. The third kappa shape index (κ3) is 3.19. The summed E-state index contributed by atoms with van der Waals surface area (Å²) in [6, 6.07) is 21.8. The summed E-state index contributed by atoms with van der Waals surface area (Å²) < 4.78 is 12.0. The van der Waals surface area contributed by atoms with Crippen molar-refractivity contribution in [3.63, 3.8) is 0 Å². The van der Waals surface area contributed by atoms with Crippen molar-refractivity contribution in [3.8, 4) is 0 Å². The van der Waals surface area contributed by atoms with Gasteiger partial charge in [-0.15, -0.1) is 6.58 Å². The Hall–Kier alpha value is -1.29. The summed E-state index contributed by atoms with van der Waals surface area (Å²) in [5, 5.41) is 2.77. The summed E-state index contributed by atoms with van der Waals surface area (Å²) >= 11 is 0. The Morgan fingerprint density at radius 3 is 1.65 bits per heavy atom. The summed E-state index contributed by atoms with van der Waals surface area (Å²) in [7, 11) is -5.92. The van der Waals surface area contributed by atoms with Crippen LogP contribution in [-0.2, 0) is 0 Å². The molecule has 2 aromatic rings. The molecular formula is C17H25N3Si3. The van der Waals surface area contributed by atoms with Crippen molar-refractivity contribution in [1.29, 1.82) is 0 Å². The van der Waals surface area contributed by atoms with Gasteiger partial charge in [-0.1, -0.05) is 66.4 Å². The minimum absolute atomic E-state index is 1.38. The maximum Gasteiger partial charge on any atom is 0.256 e. The fourth-order valence-electron chi connectivity index (χ4n) is 3.53. The summed E-state index contributed by atoms with van der Waals surface area (Å²) in [6.45, 7) is 11.2. The lowest BCUT2D eigenvalue weighted by molar-refractivity contribution is 1.07. The molecule has 0 aromatic heterocycles. The molecule has 0 amide bonds. The molecule has 6 heteroatoms. The number of hydrogen-bond donors (Lipinski definition) is 3. The molecule has 1 atom stereocenters. The number of benzene rings is 2. The Labute approximate surface area is 142 Å². The topological polar surface area (TPSA) is 36.1 Å². The van der Waals surface area contributed by atoms with Gasteiger partial charge in [0.05, 0.1) is 0 Å². The number of nitrogens with one attached hydrogen (secondary N) is 3. The molecule has 1 saturated heterocycles. The van der Waals surface area contributed by atoms with Gasteiger partial charge >= 0.3 is 0 Å². The van der Waals surface area contributed by atoms with Crippen molar-refractivity contribution in [3.05, 3.63) is 72.9 Å². The molecule has 120 valence electrons. The second-order valence-electron chi connectivity index (χ2n) is 6.89. The van der Waals surface area contributed by atoms with Crippen LogP contribution in [0.15, 0.2) is 72.9 Å². The van der Waals surface area contributed by atoms with Crippen molar-refractivity contribution in [2.24, 2.45) is 0 Å². The van der Waals surface area contributed by atoms with Crippen LogP contribution in [0.2, 0.25) is 19.6 Å². The van der Waals surface area contributed by atoms with Crippen LogP contribution in [0.1, 0.15) is 0 Å². The molecular weight excluding hydrogens is 330 g/mol. The van der Waals surface area contributed by atoms with Crippen molar-refractivity contribution < 1.29 is 0 Å². The van der Waals surface area contributed by atoms with Crippen LogP contribution < -0.4 is 24.3 Å². The molecule has 2 aromatic carbocycles. The predicted molar refractivity (Wildman–Crippen MR) is 107 cm³/mol. The summed E-state index contributed by atoms with van der Waals surface area (Å²) in [5.41, 5.74) is 2.14. The van der Waals surface area contributed by atoms with Gasteiger partial charge in [-0.25, -0.2) is 0 Å². The molecule has 0 spiro atoms. The van der Waals surface area contributed by atoms with Crippen molar-refractivity contribution in [1.82, 2.24) is 13.9 Å². The fraction of sp³-hybridized carbons (Fsp3) is 0.176. The Balaban J connectivity index is 2.22. The molecule has 23 heavy (non-hydrogen) atoms. The van der Waals surface area contributed by atoms with Gasteiger partial charge in [0.2, 0.25) is 8.40 Å². The Kier molecular flexibility index (Phi) is 4.30. The smallest absolute Gasteiger partial charge is 0.256 e. The highest BCUT2D eigenvalue weighted by Gasteiger charge is 2.53. The van der Waals surface area contributed by atoms with E-state index in [-0.39, 0.29) is 0 Å². The molecule has 1 aliphatic rings. The van der Waals surface area contributed by atoms with Gasteiger partial charge in [-0.05, 0) is 30.0 Å². The maximum atomic E-state index is 4.13. The van der Waals surface area contributed by atoms with Gasteiger partial charge in [0.25, 0.3) is 8.40 Å². The normalized spacial score (nSPS) is 25.7. The van der Waals surface area contributed by atoms with E-state index in [1.165, 1.54) is 10.4 Å². The van der Waals surface area contributed by atoms with Gasteiger partial charge in [0, 0.05) is 0 Å². The SMILES string of the molecule is C=C[Si]1(C)N[Si](C)(C)N[Si](c2ccccc2)(c2ccccc2)N1. The van der Waals surface area contributed by atoms with Gasteiger partial charge in [0.1, 0.15) is 0 Å². The van der Waals surface area contributed by atoms with E-state index >= 15 is 0 Å². The molecule has 1 heterocycles. The van der Waals surface area contributed by atoms with E-state index in [0.29, 0.717) is 0 Å². The molecule has 3 rings (SSSR count). The van der Waals surface area contributed by atoms with E-state index in [1.807, 2.05) is 0 Å². The van der Waals surface area contributed by atoms with Crippen LogP contribution in [0.3, 0.4) is 0 Å². The number of hydrogen-bond acceptors (Lipinski definition) is 3. The average Bonchev–Trinajstić information content (AvgIpc) is 2.55. The minimum atomic E-state index is -2.24. The third-order valence-corrected chi connectivity index (χ3v) is 19.7. The van der Waals surface area contributed by atoms with Crippen LogP contribution in [-0.4, -0.2) is 25.2 Å². The average molecular weight is 356 g/mol. The number of rotatable bonds is 3. The largest absolute Gasteiger partial charge is 0.333 e. The first-order valence-electron chi connectivity index (χ1n) is 8.02. The summed E-state index contributed by atoms with van der Waals surface area (Å²) in [6.07, 6.45) is 0. The lowest BCUT2D eigenvalue weighted by Crippen LogP contribution is -2.96. The van der Waals surface area contributed by atoms with Crippen molar-refractivity contribution in [2.75, 3.05) is 0 Å². The van der Waals surface area contributed by atoms with Crippen LogP contribution in [0.25, 0.3) is 0 Å². The lowest BCUT2D eigenvalue weighted by Gasteiger charge is -2.52. The third-order valence-electron chi connectivity index (χ3n) is 4.34. The second kappa shape index (κ2) is 5.97. The van der Waals surface area contributed by atoms with Crippen molar-refractivity contribution in [2.45, 2.75) is 19.6 Å². The summed E-state index contributed by atoms with van der Waals surface area (Å²) in [4.78, 5) is 0. The predicted octanol–water partition coefficient (Wildman–Crippen LogP) is 1.52. The van der Waals surface area contributed by atoms with E-state index < -0.39 is 25.2 Å². The standard InChI is InChI=1S/C17H25N3Si3/c1-5-22(4)18-21(2,3)19-23(20-22,16-12-8-6-9-13-16)17-14-10-7-11-15-17/h5-15,18-20H,1H2,2-4H3. The molecule has 1 aliphatic heterocycles. The van der Waals surface area contributed by atoms with Gasteiger partial charge in [-0.3, -0.25) is 0 Å². The van der Waals surface area contributed by atoms with Gasteiger partial charge < -0.3 is 13.9 Å². The highest BCUT2D eigenvalue weighted by molar-refractivity contribution is 7.15. The lowest BCUT2D eigenvalue weighted by atomic mass is 10.4. The van der Waals surface area contributed by atoms with Gasteiger partial charge in [0.15, 0.2) is 8.40 Å². The molecule has 0 saturated carbocycles. The zero-order chi connectivity index (χ0) is 16.6. The molecule has 1 fully saturated rings. The molecule has 0 aliphatic carbocycles. The first-order valence-corrected chi connectivity index (χ1v) is 15.6. The van der Waals surface area contributed by atoms with Crippen LogP contribution in [0.5, 0.6) is 0 Å². The van der Waals surface area contributed by atoms with Crippen molar-refractivity contribution >= 4 is 35.6 Å². The first kappa shape index (κ1) is 16.6. The van der Waals surface area contributed by atoms with E-state index in [4.69, 9.17) is 0 Å². The van der Waals surface area contributed by atoms with Crippen LogP contribution >= 0.6 is 0 Å². The Morgan fingerprint density at radius 2 is 1.22 bits per heavy atom. The van der Waals surface area contributed by atoms with E-state index in [9.17, 15) is 0 Å². The van der Waals surface area contributed by atoms with E-state index in [0.717, 1.165) is 0 Å². The first-order chi connectivity index (χ1) is 10.9. The maximum absolute atomic E-state index is 4.13. The van der Waals surface area contributed by atoms with Gasteiger partial charge in [-0.2, -0.15) is 0 Å². The summed E-state index contributed by atoms with van der Waals surface area (Å²) in [5.74, 6) is 0. The monoisotopic (exact) mass is 355 g/mol. The molecule has 3 N–H and O–H groups in total. The molecule has 3 nitrogen and oxygen atoms in total. The van der Waals surface area contributed by atoms with E-state index in [1.54, 1.807) is 0 Å². The molecule has 0 radical (unpaired) electrons. The van der Waals surface area contributed by atoms with Crippen LogP contribution in [0.4, 0.5) is 0 Å². The fourth-order valence-corrected chi connectivity index (χ4v) is 22.9. The Morgan fingerprint density at radius 1 is 0.739 bits per heavy atom. The second-order valence-corrected chi connectivity index (χ2v) is 18.6. The minimum Gasteiger partial charge on any atom is -0.333 e. The zero-order valence-electron chi connectivity index (χ0n) is 14.1.